The molecule has 3 aromatic rings. The van der Waals surface area contributed by atoms with Crippen molar-refractivity contribution in [2.75, 3.05) is 17.4 Å². The average molecular weight is 365 g/mol. The van der Waals surface area contributed by atoms with Gasteiger partial charge in [-0.3, -0.25) is 4.79 Å². The van der Waals surface area contributed by atoms with E-state index >= 15 is 0 Å². The molecule has 0 spiro atoms. The Kier molecular flexibility index (Phi) is 4.57. The molecule has 0 radical (unpaired) electrons. The predicted molar refractivity (Wildman–Crippen MR) is 98.5 cm³/mol. The van der Waals surface area contributed by atoms with Crippen LogP contribution in [0.15, 0.2) is 60.8 Å². The molecule has 0 bridgehead atoms. The summed E-state index contributed by atoms with van der Waals surface area (Å²) in [5.74, 6) is 0.713. The van der Waals surface area contributed by atoms with Crippen molar-refractivity contribution in [2.24, 2.45) is 0 Å². The molecule has 0 saturated carbocycles. The number of anilines is 2. The van der Waals surface area contributed by atoms with Gasteiger partial charge in [0.2, 0.25) is 6.79 Å². The minimum absolute atomic E-state index is 0.0238. The van der Waals surface area contributed by atoms with Crippen LogP contribution in [0.1, 0.15) is 15.9 Å². The highest BCUT2D eigenvalue weighted by Gasteiger charge is 2.13. The maximum atomic E-state index is 13.6. The fourth-order valence-corrected chi connectivity index (χ4v) is 2.66. The first-order valence-corrected chi connectivity index (χ1v) is 8.33. The van der Waals surface area contributed by atoms with Crippen molar-refractivity contribution < 1.29 is 18.7 Å². The topological polar surface area (TPSA) is 72.5 Å². The number of benzene rings is 2. The standard InChI is InChI=1S/C20H16FN3O3/c21-16-4-2-1-3-15(16)20(25)24-19-8-6-14(11-23-19)22-10-13-5-7-17-18(9-13)27-12-26-17/h1-9,11,22H,10,12H2,(H,23,24,25). The van der Waals surface area contributed by atoms with Crippen LogP contribution in [-0.4, -0.2) is 17.7 Å². The molecule has 27 heavy (non-hydrogen) atoms. The highest BCUT2D eigenvalue weighted by atomic mass is 19.1. The molecule has 1 aliphatic rings. The van der Waals surface area contributed by atoms with E-state index in [1.807, 2.05) is 18.2 Å². The molecule has 6 nitrogen and oxygen atoms in total. The number of ether oxygens (including phenoxy) is 2. The Morgan fingerprint density at radius 1 is 1.07 bits per heavy atom. The van der Waals surface area contributed by atoms with Crippen LogP contribution < -0.4 is 20.1 Å². The molecule has 0 unspecified atom stereocenters. The number of hydrogen-bond acceptors (Lipinski definition) is 5. The summed E-state index contributed by atoms with van der Waals surface area (Å²) in [6, 6.07) is 15.0. The maximum absolute atomic E-state index is 13.6. The molecule has 0 saturated heterocycles. The SMILES string of the molecule is O=C(Nc1ccc(NCc2ccc3c(c2)OCO3)cn1)c1ccccc1F. The lowest BCUT2D eigenvalue weighted by molar-refractivity contribution is 0.102. The summed E-state index contributed by atoms with van der Waals surface area (Å²) in [5, 5.41) is 5.82. The van der Waals surface area contributed by atoms with Gasteiger partial charge in [-0.1, -0.05) is 18.2 Å². The van der Waals surface area contributed by atoms with Crippen molar-refractivity contribution in [1.82, 2.24) is 4.98 Å². The van der Waals surface area contributed by atoms with E-state index in [4.69, 9.17) is 9.47 Å². The Bertz CT molecular complexity index is 976. The van der Waals surface area contributed by atoms with Gasteiger partial charge in [-0.15, -0.1) is 0 Å². The van der Waals surface area contributed by atoms with Gasteiger partial charge in [0, 0.05) is 6.54 Å². The van der Waals surface area contributed by atoms with Crippen LogP contribution in [0.4, 0.5) is 15.9 Å². The maximum Gasteiger partial charge on any atom is 0.259 e. The molecule has 7 heteroatoms. The molecule has 2 heterocycles. The van der Waals surface area contributed by atoms with Crippen LogP contribution in [0.25, 0.3) is 0 Å². The van der Waals surface area contributed by atoms with Crippen molar-refractivity contribution >= 4 is 17.4 Å². The number of pyridine rings is 1. The first kappa shape index (κ1) is 16.8. The highest BCUT2D eigenvalue weighted by Crippen LogP contribution is 2.32. The fraction of sp³-hybridized carbons (Fsp3) is 0.100. The van der Waals surface area contributed by atoms with E-state index in [1.165, 1.54) is 18.2 Å². The summed E-state index contributed by atoms with van der Waals surface area (Å²) in [4.78, 5) is 16.3. The third-order valence-corrected chi connectivity index (χ3v) is 4.06. The summed E-state index contributed by atoms with van der Waals surface area (Å²) in [7, 11) is 0. The van der Waals surface area contributed by atoms with Gasteiger partial charge < -0.3 is 20.1 Å². The van der Waals surface area contributed by atoms with E-state index in [0.29, 0.717) is 12.4 Å². The van der Waals surface area contributed by atoms with E-state index in [9.17, 15) is 9.18 Å². The normalized spacial score (nSPS) is 11.9. The summed E-state index contributed by atoms with van der Waals surface area (Å²) in [6.07, 6.45) is 1.60. The van der Waals surface area contributed by atoms with Gasteiger partial charge >= 0.3 is 0 Å². The van der Waals surface area contributed by atoms with Crippen molar-refractivity contribution in [3.63, 3.8) is 0 Å². The van der Waals surface area contributed by atoms with Gasteiger partial charge in [-0.25, -0.2) is 9.37 Å². The molecule has 0 fully saturated rings. The number of nitrogens with one attached hydrogen (secondary N) is 2. The minimum Gasteiger partial charge on any atom is -0.454 e. The Morgan fingerprint density at radius 3 is 2.74 bits per heavy atom. The van der Waals surface area contributed by atoms with Crippen LogP contribution in [0.2, 0.25) is 0 Å². The van der Waals surface area contributed by atoms with Crippen molar-refractivity contribution in [1.29, 1.82) is 0 Å². The number of carbonyl (C=O) groups is 1. The van der Waals surface area contributed by atoms with Crippen molar-refractivity contribution in [3.05, 3.63) is 77.7 Å². The number of nitrogens with zero attached hydrogens (tertiary/aromatic N) is 1. The Morgan fingerprint density at radius 2 is 1.93 bits per heavy atom. The summed E-state index contributed by atoms with van der Waals surface area (Å²) >= 11 is 0. The van der Waals surface area contributed by atoms with Crippen LogP contribution >= 0.6 is 0 Å². The zero-order valence-electron chi connectivity index (χ0n) is 14.2. The number of hydrogen-bond donors (Lipinski definition) is 2. The third kappa shape index (κ3) is 3.82. The Hall–Kier alpha value is -3.61. The molecular weight excluding hydrogens is 349 g/mol. The van der Waals surface area contributed by atoms with Crippen LogP contribution in [0.5, 0.6) is 11.5 Å². The van der Waals surface area contributed by atoms with E-state index < -0.39 is 11.7 Å². The lowest BCUT2D eigenvalue weighted by atomic mass is 10.2. The van der Waals surface area contributed by atoms with Crippen LogP contribution in [0, 0.1) is 5.82 Å². The second-order valence-corrected chi connectivity index (χ2v) is 5.91. The fourth-order valence-electron chi connectivity index (χ4n) is 2.66. The third-order valence-electron chi connectivity index (χ3n) is 4.06. The van der Waals surface area contributed by atoms with Crippen LogP contribution in [-0.2, 0) is 6.54 Å². The number of amides is 1. The van der Waals surface area contributed by atoms with Crippen LogP contribution in [0.3, 0.4) is 0 Å². The van der Waals surface area contributed by atoms with Gasteiger partial charge in [0.15, 0.2) is 11.5 Å². The largest absolute Gasteiger partial charge is 0.454 e. The van der Waals surface area contributed by atoms with Crippen molar-refractivity contribution in [3.8, 4) is 11.5 Å². The lowest BCUT2D eigenvalue weighted by Crippen LogP contribution is -2.14. The smallest absolute Gasteiger partial charge is 0.259 e. The first-order valence-electron chi connectivity index (χ1n) is 8.33. The number of rotatable bonds is 5. The van der Waals surface area contributed by atoms with Gasteiger partial charge in [0.1, 0.15) is 11.6 Å². The van der Waals surface area contributed by atoms with Gasteiger partial charge in [-0.05, 0) is 42.0 Å². The number of fused-ring (bicyclic) bond motifs is 1. The number of carbonyl (C=O) groups excluding carboxylic acids is 1. The van der Waals surface area contributed by atoms with E-state index in [-0.39, 0.29) is 12.4 Å². The van der Waals surface area contributed by atoms with Gasteiger partial charge in [-0.2, -0.15) is 0 Å². The summed E-state index contributed by atoms with van der Waals surface area (Å²) < 4.78 is 24.3. The molecule has 1 amide bonds. The van der Waals surface area contributed by atoms with E-state index in [1.54, 1.807) is 24.4 Å². The average Bonchev–Trinajstić information content (AvgIpc) is 3.15. The molecule has 0 aliphatic carbocycles. The van der Waals surface area contributed by atoms with E-state index in [2.05, 4.69) is 15.6 Å². The predicted octanol–water partition coefficient (Wildman–Crippen LogP) is 3.81. The van der Waals surface area contributed by atoms with Crippen molar-refractivity contribution in [2.45, 2.75) is 6.54 Å². The first-order chi connectivity index (χ1) is 13.2. The molecule has 1 aromatic heterocycles. The lowest BCUT2D eigenvalue weighted by Gasteiger charge is -2.09. The molecule has 2 N–H and O–H groups in total. The molecule has 136 valence electrons. The summed E-state index contributed by atoms with van der Waals surface area (Å²) in [6.45, 7) is 0.829. The molecule has 1 aliphatic heterocycles. The number of halogens is 1. The van der Waals surface area contributed by atoms with E-state index in [0.717, 1.165) is 22.7 Å². The molecular formula is C20H16FN3O3. The monoisotopic (exact) mass is 365 g/mol. The molecule has 4 rings (SSSR count). The summed E-state index contributed by atoms with van der Waals surface area (Å²) in [5.41, 5.74) is 1.80. The van der Waals surface area contributed by atoms with Gasteiger partial charge in [0.05, 0.1) is 17.4 Å². The minimum atomic E-state index is -0.572. The van der Waals surface area contributed by atoms with Gasteiger partial charge in [0.25, 0.3) is 5.91 Å². The zero-order valence-corrected chi connectivity index (χ0v) is 14.2. The molecule has 2 aromatic carbocycles. The second kappa shape index (κ2) is 7.33. The zero-order chi connectivity index (χ0) is 18.6. The molecule has 0 atom stereocenters. The Labute approximate surface area is 155 Å². The Balaban J connectivity index is 1.36. The highest BCUT2D eigenvalue weighted by molar-refractivity contribution is 6.03. The quantitative estimate of drug-likeness (QED) is 0.719. The second-order valence-electron chi connectivity index (χ2n) is 5.91. The number of aromatic nitrogens is 1.